The van der Waals surface area contributed by atoms with Crippen LogP contribution in [0.1, 0.15) is 39.0 Å². The van der Waals surface area contributed by atoms with Crippen molar-refractivity contribution in [3.05, 3.63) is 0 Å². The minimum atomic E-state index is -0.0862. The van der Waals surface area contributed by atoms with Crippen molar-refractivity contribution >= 4 is 0 Å². The lowest BCUT2D eigenvalue weighted by Gasteiger charge is -2.22. The van der Waals surface area contributed by atoms with Crippen molar-refractivity contribution in [3.8, 4) is 0 Å². The van der Waals surface area contributed by atoms with Crippen molar-refractivity contribution in [1.82, 2.24) is 0 Å². The normalized spacial score (nSPS) is 23.5. The molecule has 0 aromatic carbocycles. The maximum atomic E-state index is 5.49. The molecule has 0 spiro atoms. The largest absolute Gasteiger partial charge is 0.364 e. The van der Waals surface area contributed by atoms with Crippen molar-refractivity contribution in [2.45, 2.75) is 45.3 Å². The summed E-state index contributed by atoms with van der Waals surface area (Å²) in [5.74, 6) is 0.787. The summed E-state index contributed by atoms with van der Waals surface area (Å²) in [4.78, 5) is 0. The molecule has 2 heteroatoms. The lowest BCUT2D eigenvalue weighted by atomic mass is 9.90. The van der Waals surface area contributed by atoms with E-state index in [4.69, 9.17) is 10.5 Å². The van der Waals surface area contributed by atoms with Gasteiger partial charge in [-0.05, 0) is 25.7 Å². The average molecular weight is 157 g/mol. The van der Waals surface area contributed by atoms with Crippen LogP contribution < -0.4 is 5.73 Å². The molecule has 66 valence electrons. The maximum Gasteiger partial charge on any atom is 0.102 e. The van der Waals surface area contributed by atoms with Gasteiger partial charge in [0.25, 0.3) is 0 Å². The van der Waals surface area contributed by atoms with Gasteiger partial charge in [-0.2, -0.15) is 0 Å². The fourth-order valence-corrected chi connectivity index (χ4v) is 1.64. The minimum Gasteiger partial charge on any atom is -0.364 e. The first kappa shape index (κ1) is 9.01. The SMILES string of the molecule is C[C@@H](N)OCC1CCCCC1. The molecule has 11 heavy (non-hydrogen) atoms. The lowest BCUT2D eigenvalue weighted by molar-refractivity contribution is 0.0348. The first-order valence-corrected chi connectivity index (χ1v) is 4.66. The summed E-state index contributed by atoms with van der Waals surface area (Å²) < 4.78 is 5.36. The van der Waals surface area contributed by atoms with E-state index in [0.717, 1.165) is 12.5 Å². The Morgan fingerprint density at radius 1 is 1.36 bits per heavy atom. The highest BCUT2D eigenvalue weighted by Gasteiger charge is 2.13. The molecule has 0 amide bonds. The van der Waals surface area contributed by atoms with E-state index in [9.17, 15) is 0 Å². The minimum absolute atomic E-state index is 0.0862. The molecule has 0 aromatic heterocycles. The number of rotatable bonds is 3. The Labute approximate surface area is 69.1 Å². The highest BCUT2D eigenvalue weighted by atomic mass is 16.5. The predicted octanol–water partition coefficient (Wildman–Crippen LogP) is 1.89. The fraction of sp³-hybridized carbons (Fsp3) is 1.00. The smallest absolute Gasteiger partial charge is 0.102 e. The van der Waals surface area contributed by atoms with Crippen LogP contribution in [0.3, 0.4) is 0 Å². The molecule has 0 unspecified atom stereocenters. The zero-order chi connectivity index (χ0) is 8.10. The molecule has 0 radical (unpaired) electrons. The standard InChI is InChI=1S/C9H19NO/c1-8(10)11-7-9-5-3-2-4-6-9/h8-9H,2-7,10H2,1H3/t8-/m0/s1. The number of hydrogen-bond donors (Lipinski definition) is 1. The van der Waals surface area contributed by atoms with Crippen LogP contribution in [0.5, 0.6) is 0 Å². The Morgan fingerprint density at radius 2 is 2.00 bits per heavy atom. The van der Waals surface area contributed by atoms with Gasteiger partial charge in [-0.25, -0.2) is 0 Å². The van der Waals surface area contributed by atoms with E-state index in [1.807, 2.05) is 6.92 Å². The monoisotopic (exact) mass is 157 g/mol. The van der Waals surface area contributed by atoms with Gasteiger partial charge in [-0.1, -0.05) is 19.3 Å². The van der Waals surface area contributed by atoms with Gasteiger partial charge in [0.15, 0.2) is 0 Å². The lowest BCUT2D eigenvalue weighted by Crippen LogP contribution is -2.24. The molecule has 0 heterocycles. The molecular formula is C9H19NO. The highest BCUT2D eigenvalue weighted by Crippen LogP contribution is 2.23. The second-order valence-corrected chi connectivity index (χ2v) is 3.54. The molecule has 0 bridgehead atoms. The second kappa shape index (κ2) is 4.73. The molecule has 1 saturated carbocycles. The number of ether oxygens (including phenoxy) is 1. The van der Waals surface area contributed by atoms with Gasteiger partial charge in [0, 0.05) is 0 Å². The van der Waals surface area contributed by atoms with Gasteiger partial charge in [0.05, 0.1) is 6.61 Å². The third-order valence-corrected chi connectivity index (χ3v) is 2.32. The van der Waals surface area contributed by atoms with Crippen molar-refractivity contribution in [1.29, 1.82) is 0 Å². The molecule has 0 aromatic rings. The third kappa shape index (κ3) is 3.73. The van der Waals surface area contributed by atoms with Gasteiger partial charge in [-0.3, -0.25) is 0 Å². The van der Waals surface area contributed by atoms with Crippen LogP contribution in [0, 0.1) is 5.92 Å². The zero-order valence-corrected chi connectivity index (χ0v) is 7.38. The van der Waals surface area contributed by atoms with E-state index in [-0.39, 0.29) is 6.23 Å². The maximum absolute atomic E-state index is 5.49. The summed E-state index contributed by atoms with van der Waals surface area (Å²) in [5.41, 5.74) is 5.49. The molecule has 1 aliphatic carbocycles. The molecule has 0 saturated heterocycles. The summed E-state index contributed by atoms with van der Waals surface area (Å²) in [6, 6.07) is 0. The van der Waals surface area contributed by atoms with Crippen molar-refractivity contribution < 1.29 is 4.74 Å². The summed E-state index contributed by atoms with van der Waals surface area (Å²) >= 11 is 0. The van der Waals surface area contributed by atoms with Crippen molar-refractivity contribution in [3.63, 3.8) is 0 Å². The van der Waals surface area contributed by atoms with Gasteiger partial charge < -0.3 is 10.5 Å². The van der Waals surface area contributed by atoms with Crippen LogP contribution in [-0.4, -0.2) is 12.8 Å². The van der Waals surface area contributed by atoms with Crippen LogP contribution in [0.4, 0.5) is 0 Å². The quantitative estimate of drug-likeness (QED) is 0.635. The molecule has 1 fully saturated rings. The molecule has 1 aliphatic rings. The molecular weight excluding hydrogens is 138 g/mol. The summed E-state index contributed by atoms with van der Waals surface area (Å²) in [7, 11) is 0. The zero-order valence-electron chi connectivity index (χ0n) is 7.38. The van der Waals surface area contributed by atoms with E-state index in [1.165, 1.54) is 32.1 Å². The molecule has 1 atom stereocenters. The Balaban J connectivity index is 2.05. The summed E-state index contributed by atoms with van der Waals surface area (Å²) in [5, 5.41) is 0. The van der Waals surface area contributed by atoms with Crippen LogP contribution in [0.2, 0.25) is 0 Å². The van der Waals surface area contributed by atoms with E-state index >= 15 is 0 Å². The molecule has 2 nitrogen and oxygen atoms in total. The topological polar surface area (TPSA) is 35.2 Å². The van der Waals surface area contributed by atoms with Gasteiger partial charge >= 0.3 is 0 Å². The molecule has 1 rings (SSSR count). The Hall–Kier alpha value is -0.0800. The summed E-state index contributed by atoms with van der Waals surface area (Å²) in [6.45, 7) is 2.76. The van der Waals surface area contributed by atoms with Gasteiger partial charge in [0.2, 0.25) is 0 Å². The number of nitrogens with two attached hydrogens (primary N) is 1. The van der Waals surface area contributed by atoms with Crippen molar-refractivity contribution in [2.24, 2.45) is 11.7 Å². The van der Waals surface area contributed by atoms with Crippen LogP contribution in [0.15, 0.2) is 0 Å². The highest BCUT2D eigenvalue weighted by molar-refractivity contribution is 4.64. The first-order chi connectivity index (χ1) is 5.29. The van der Waals surface area contributed by atoms with Gasteiger partial charge in [0.1, 0.15) is 6.23 Å². The Bertz CT molecular complexity index is 97.7. The Morgan fingerprint density at radius 3 is 2.55 bits per heavy atom. The second-order valence-electron chi connectivity index (χ2n) is 3.54. The van der Waals surface area contributed by atoms with E-state index in [0.29, 0.717) is 0 Å². The molecule has 2 N–H and O–H groups in total. The van der Waals surface area contributed by atoms with Crippen LogP contribution >= 0.6 is 0 Å². The fourth-order valence-electron chi connectivity index (χ4n) is 1.64. The molecule has 0 aliphatic heterocycles. The van der Waals surface area contributed by atoms with Crippen LogP contribution in [0.25, 0.3) is 0 Å². The van der Waals surface area contributed by atoms with Crippen LogP contribution in [-0.2, 0) is 4.74 Å². The predicted molar refractivity (Wildman–Crippen MR) is 46.2 cm³/mol. The van der Waals surface area contributed by atoms with Crippen molar-refractivity contribution in [2.75, 3.05) is 6.61 Å². The van der Waals surface area contributed by atoms with E-state index in [2.05, 4.69) is 0 Å². The van der Waals surface area contributed by atoms with E-state index in [1.54, 1.807) is 0 Å². The Kier molecular flexibility index (Phi) is 3.87. The number of hydrogen-bond acceptors (Lipinski definition) is 2. The third-order valence-electron chi connectivity index (χ3n) is 2.32. The summed E-state index contributed by atoms with van der Waals surface area (Å²) in [6.07, 6.45) is 6.77. The van der Waals surface area contributed by atoms with Gasteiger partial charge in [-0.15, -0.1) is 0 Å². The van der Waals surface area contributed by atoms with E-state index < -0.39 is 0 Å². The average Bonchev–Trinajstić information content (AvgIpc) is 2.03. The first-order valence-electron chi connectivity index (χ1n) is 4.66.